The standard InChI is InChI=1S/C10H7NO2/c11-7-9(6-10(12)13)8-4-2-1-3-5-8/h1-6H,(H,12,13). The van der Waals surface area contributed by atoms with E-state index in [0.29, 0.717) is 5.56 Å². The van der Waals surface area contributed by atoms with E-state index in [0.717, 1.165) is 6.08 Å². The van der Waals surface area contributed by atoms with Gasteiger partial charge in [0.05, 0.1) is 5.57 Å². The minimum Gasteiger partial charge on any atom is -0.478 e. The summed E-state index contributed by atoms with van der Waals surface area (Å²) in [6, 6.07) is 10.5. The van der Waals surface area contributed by atoms with Crippen molar-refractivity contribution in [2.24, 2.45) is 0 Å². The zero-order chi connectivity index (χ0) is 9.68. The summed E-state index contributed by atoms with van der Waals surface area (Å²) in [6.45, 7) is 0. The molecule has 0 atom stereocenters. The van der Waals surface area contributed by atoms with Crippen molar-refractivity contribution in [2.75, 3.05) is 0 Å². The summed E-state index contributed by atoms with van der Waals surface area (Å²) in [5, 5.41) is 17.1. The first-order valence-corrected chi connectivity index (χ1v) is 3.64. The van der Waals surface area contributed by atoms with Gasteiger partial charge >= 0.3 is 5.97 Å². The van der Waals surface area contributed by atoms with Crippen molar-refractivity contribution in [3.8, 4) is 6.07 Å². The molecule has 0 aliphatic heterocycles. The van der Waals surface area contributed by atoms with Crippen LogP contribution in [0.2, 0.25) is 0 Å². The molecule has 0 unspecified atom stereocenters. The first-order valence-electron chi connectivity index (χ1n) is 3.64. The minimum absolute atomic E-state index is 0.160. The second-order valence-corrected chi connectivity index (χ2v) is 2.37. The molecule has 1 aromatic rings. The number of carboxylic acids is 1. The van der Waals surface area contributed by atoms with Gasteiger partial charge in [-0.3, -0.25) is 0 Å². The van der Waals surface area contributed by atoms with E-state index in [2.05, 4.69) is 0 Å². The molecule has 3 nitrogen and oxygen atoms in total. The average Bonchev–Trinajstić information content (AvgIpc) is 2.15. The van der Waals surface area contributed by atoms with Crippen molar-refractivity contribution >= 4 is 11.5 Å². The smallest absolute Gasteiger partial charge is 0.329 e. The van der Waals surface area contributed by atoms with Gasteiger partial charge in [0.2, 0.25) is 0 Å². The van der Waals surface area contributed by atoms with Crippen molar-refractivity contribution < 1.29 is 9.90 Å². The molecule has 0 aliphatic carbocycles. The van der Waals surface area contributed by atoms with Crippen LogP contribution < -0.4 is 0 Å². The third-order valence-electron chi connectivity index (χ3n) is 1.47. The third-order valence-corrected chi connectivity index (χ3v) is 1.47. The molecule has 0 fully saturated rings. The summed E-state index contributed by atoms with van der Waals surface area (Å²) in [5.74, 6) is -1.11. The number of carbonyl (C=O) groups is 1. The Hall–Kier alpha value is -2.08. The fourth-order valence-electron chi connectivity index (χ4n) is 0.921. The SMILES string of the molecule is N#CC(=CC(=O)O)c1ccccc1. The van der Waals surface area contributed by atoms with Crippen LogP contribution in [0.25, 0.3) is 5.57 Å². The molecule has 13 heavy (non-hydrogen) atoms. The highest BCUT2D eigenvalue weighted by atomic mass is 16.4. The zero-order valence-corrected chi connectivity index (χ0v) is 6.77. The predicted molar refractivity (Wildman–Crippen MR) is 47.7 cm³/mol. The Bertz CT molecular complexity index is 374. The molecule has 0 saturated carbocycles. The molecule has 0 aliphatic rings. The second kappa shape index (κ2) is 4.07. The largest absolute Gasteiger partial charge is 0.478 e. The first-order chi connectivity index (χ1) is 6.24. The number of nitrogens with zero attached hydrogens (tertiary/aromatic N) is 1. The second-order valence-electron chi connectivity index (χ2n) is 2.37. The van der Waals surface area contributed by atoms with Crippen LogP contribution in [-0.4, -0.2) is 11.1 Å². The van der Waals surface area contributed by atoms with E-state index in [1.807, 2.05) is 6.07 Å². The zero-order valence-electron chi connectivity index (χ0n) is 6.77. The van der Waals surface area contributed by atoms with Crippen LogP contribution in [0.1, 0.15) is 5.56 Å². The molecule has 0 amide bonds. The Labute approximate surface area is 75.5 Å². The Kier molecular flexibility index (Phi) is 2.82. The Morgan fingerprint density at radius 2 is 2.00 bits per heavy atom. The lowest BCUT2D eigenvalue weighted by Crippen LogP contribution is -1.90. The van der Waals surface area contributed by atoms with Gasteiger partial charge in [0.1, 0.15) is 6.07 Å². The van der Waals surface area contributed by atoms with Gasteiger partial charge in [0.25, 0.3) is 0 Å². The van der Waals surface area contributed by atoms with Crippen LogP contribution >= 0.6 is 0 Å². The van der Waals surface area contributed by atoms with Gasteiger partial charge in [0, 0.05) is 6.08 Å². The van der Waals surface area contributed by atoms with Crippen LogP contribution in [-0.2, 0) is 4.79 Å². The molecule has 1 aromatic carbocycles. The lowest BCUT2D eigenvalue weighted by atomic mass is 10.1. The average molecular weight is 173 g/mol. The number of nitriles is 1. The van der Waals surface area contributed by atoms with E-state index in [1.54, 1.807) is 30.3 Å². The predicted octanol–water partition coefficient (Wildman–Crippen LogP) is 1.68. The van der Waals surface area contributed by atoms with Gasteiger partial charge in [-0.25, -0.2) is 4.79 Å². The molecule has 1 N–H and O–H groups in total. The van der Waals surface area contributed by atoms with Gasteiger partial charge in [-0.2, -0.15) is 5.26 Å². The summed E-state index contributed by atoms with van der Waals surface area (Å²) in [5.41, 5.74) is 0.778. The number of aliphatic carboxylic acids is 1. The highest BCUT2D eigenvalue weighted by molar-refractivity contribution is 5.94. The fourth-order valence-corrected chi connectivity index (χ4v) is 0.921. The van der Waals surface area contributed by atoms with Crippen LogP contribution in [0.3, 0.4) is 0 Å². The van der Waals surface area contributed by atoms with Crippen LogP contribution in [0.4, 0.5) is 0 Å². The minimum atomic E-state index is -1.11. The maximum absolute atomic E-state index is 10.3. The molecule has 1 rings (SSSR count). The Morgan fingerprint density at radius 3 is 2.46 bits per heavy atom. The van der Waals surface area contributed by atoms with E-state index < -0.39 is 5.97 Å². The number of benzene rings is 1. The molecule has 0 saturated heterocycles. The molecule has 64 valence electrons. The van der Waals surface area contributed by atoms with Crippen molar-refractivity contribution in [3.05, 3.63) is 42.0 Å². The molecule has 0 radical (unpaired) electrons. The monoisotopic (exact) mass is 173 g/mol. The van der Waals surface area contributed by atoms with E-state index in [4.69, 9.17) is 10.4 Å². The highest BCUT2D eigenvalue weighted by Gasteiger charge is 2.01. The van der Waals surface area contributed by atoms with Crippen molar-refractivity contribution in [1.29, 1.82) is 5.26 Å². The molecule has 3 heteroatoms. The van der Waals surface area contributed by atoms with E-state index >= 15 is 0 Å². The summed E-state index contributed by atoms with van der Waals surface area (Å²) >= 11 is 0. The van der Waals surface area contributed by atoms with E-state index in [1.165, 1.54) is 0 Å². The summed E-state index contributed by atoms with van der Waals surface area (Å²) < 4.78 is 0. The van der Waals surface area contributed by atoms with Gasteiger partial charge in [-0.15, -0.1) is 0 Å². The molecular formula is C10H7NO2. The lowest BCUT2D eigenvalue weighted by molar-refractivity contribution is -0.131. The van der Waals surface area contributed by atoms with Crippen LogP contribution in [0, 0.1) is 11.3 Å². The number of hydrogen-bond donors (Lipinski definition) is 1. The van der Waals surface area contributed by atoms with Gasteiger partial charge in [0.15, 0.2) is 0 Å². The quantitative estimate of drug-likeness (QED) is 0.546. The molecule has 0 heterocycles. The van der Waals surface area contributed by atoms with Crippen LogP contribution in [0.5, 0.6) is 0 Å². The van der Waals surface area contributed by atoms with Crippen molar-refractivity contribution in [3.63, 3.8) is 0 Å². The molecular weight excluding hydrogens is 166 g/mol. The summed E-state index contributed by atoms with van der Waals surface area (Å²) in [7, 11) is 0. The van der Waals surface area contributed by atoms with E-state index in [9.17, 15) is 4.79 Å². The fraction of sp³-hybridized carbons (Fsp3) is 0. The maximum atomic E-state index is 10.3. The number of carboxylic acid groups (broad SMARTS) is 1. The number of allylic oxidation sites excluding steroid dienone is 1. The Balaban J connectivity index is 3.07. The van der Waals surface area contributed by atoms with Crippen molar-refractivity contribution in [2.45, 2.75) is 0 Å². The normalized spacial score (nSPS) is 10.5. The molecule has 0 spiro atoms. The molecule has 0 aromatic heterocycles. The Morgan fingerprint density at radius 1 is 1.38 bits per heavy atom. The van der Waals surface area contributed by atoms with Crippen molar-refractivity contribution in [1.82, 2.24) is 0 Å². The topological polar surface area (TPSA) is 61.1 Å². The first kappa shape index (κ1) is 9.01. The lowest BCUT2D eigenvalue weighted by Gasteiger charge is -1.95. The van der Waals surface area contributed by atoms with Gasteiger partial charge in [-0.05, 0) is 5.56 Å². The van der Waals surface area contributed by atoms with Gasteiger partial charge < -0.3 is 5.11 Å². The van der Waals surface area contributed by atoms with E-state index in [-0.39, 0.29) is 5.57 Å². The number of hydrogen-bond acceptors (Lipinski definition) is 2. The van der Waals surface area contributed by atoms with Gasteiger partial charge in [-0.1, -0.05) is 30.3 Å². The number of rotatable bonds is 2. The highest BCUT2D eigenvalue weighted by Crippen LogP contribution is 2.11. The maximum Gasteiger partial charge on any atom is 0.329 e. The third kappa shape index (κ3) is 2.46. The summed E-state index contributed by atoms with van der Waals surface area (Å²) in [6.07, 6.45) is 0.898. The van der Waals surface area contributed by atoms with Crippen LogP contribution in [0.15, 0.2) is 36.4 Å². The summed E-state index contributed by atoms with van der Waals surface area (Å²) in [4.78, 5) is 10.3. The molecule has 0 bridgehead atoms.